The van der Waals surface area contributed by atoms with Gasteiger partial charge in [0.05, 0.1) is 0 Å². The van der Waals surface area contributed by atoms with Crippen molar-refractivity contribution in [3.05, 3.63) is 0 Å². The fourth-order valence-corrected chi connectivity index (χ4v) is 0.578. The molecule has 0 spiro atoms. The normalized spacial score (nSPS) is 9.40. The fraction of sp³-hybridized carbons (Fsp3) is 0.857. The lowest BCUT2D eigenvalue weighted by Gasteiger charge is -2.01. The monoisotopic (exact) mass is 145 g/mol. The Morgan fingerprint density at radius 2 is 2.30 bits per heavy atom. The predicted molar refractivity (Wildman–Crippen MR) is 39.5 cm³/mol. The first-order chi connectivity index (χ1) is 4.81. The number of methoxy groups -OCH3 is 1. The third kappa shape index (κ3) is 5.56. The third-order valence-corrected chi connectivity index (χ3v) is 1.17. The van der Waals surface area contributed by atoms with Crippen LogP contribution in [0.15, 0.2) is 0 Å². The Hall–Kier alpha value is -0.570. The lowest BCUT2D eigenvalue weighted by Crippen LogP contribution is -2.24. The molecule has 0 aromatic heterocycles. The number of carbonyl (C=O) groups excluding carboxylic acids is 1. The molecule has 0 heterocycles. The van der Waals surface area contributed by atoms with Gasteiger partial charge in [-0.15, -0.1) is 0 Å². The molecular weight excluding hydrogens is 130 g/mol. The highest BCUT2D eigenvalue weighted by atomic mass is 16.5. The number of hydrogen-bond donors (Lipinski definition) is 1. The van der Waals surface area contributed by atoms with Gasteiger partial charge in [0.2, 0.25) is 5.91 Å². The second kappa shape index (κ2) is 6.55. The summed E-state index contributed by atoms with van der Waals surface area (Å²) >= 11 is 0. The lowest BCUT2D eigenvalue weighted by atomic mass is 10.2. The summed E-state index contributed by atoms with van der Waals surface area (Å²) in [6, 6.07) is 0. The number of hydrogen-bond acceptors (Lipinski definition) is 2. The topological polar surface area (TPSA) is 38.3 Å². The van der Waals surface area contributed by atoms with Crippen LogP contribution in [0.2, 0.25) is 0 Å². The van der Waals surface area contributed by atoms with E-state index in [0.717, 1.165) is 12.8 Å². The van der Waals surface area contributed by atoms with E-state index < -0.39 is 0 Å². The van der Waals surface area contributed by atoms with E-state index in [9.17, 15) is 4.79 Å². The molecule has 0 aliphatic carbocycles. The van der Waals surface area contributed by atoms with Gasteiger partial charge >= 0.3 is 0 Å². The Labute approximate surface area is 61.8 Å². The first-order valence-electron chi connectivity index (χ1n) is 3.57. The van der Waals surface area contributed by atoms with Crippen molar-refractivity contribution in [1.29, 1.82) is 0 Å². The molecule has 0 saturated carbocycles. The molecule has 1 amide bonds. The van der Waals surface area contributed by atoms with Crippen molar-refractivity contribution >= 4 is 5.91 Å². The molecule has 0 unspecified atom stereocenters. The summed E-state index contributed by atoms with van der Waals surface area (Å²) in [6.07, 6.45) is 2.62. The molecule has 0 atom stereocenters. The van der Waals surface area contributed by atoms with E-state index in [1.807, 2.05) is 0 Å². The Balaban J connectivity index is 3.09. The molecule has 10 heavy (non-hydrogen) atoms. The van der Waals surface area contributed by atoms with Gasteiger partial charge in [-0.2, -0.15) is 0 Å². The average molecular weight is 145 g/mol. The van der Waals surface area contributed by atoms with Crippen molar-refractivity contribution in [3.63, 3.8) is 0 Å². The molecule has 0 fully saturated rings. The van der Waals surface area contributed by atoms with Crippen molar-refractivity contribution in [2.24, 2.45) is 0 Å². The van der Waals surface area contributed by atoms with E-state index in [4.69, 9.17) is 0 Å². The molecule has 0 aliphatic heterocycles. The Morgan fingerprint density at radius 3 is 2.80 bits per heavy atom. The largest absolute Gasteiger partial charge is 0.364 e. The summed E-state index contributed by atoms with van der Waals surface area (Å²) in [4.78, 5) is 10.8. The first-order valence-corrected chi connectivity index (χ1v) is 3.57. The molecule has 60 valence electrons. The molecular formula is C7H15NO2. The molecule has 1 N–H and O–H groups in total. The van der Waals surface area contributed by atoms with Crippen molar-refractivity contribution in [3.8, 4) is 0 Å². The summed E-state index contributed by atoms with van der Waals surface area (Å²) in [6.45, 7) is 2.38. The summed E-state index contributed by atoms with van der Waals surface area (Å²) in [5.41, 5.74) is 0. The molecule has 0 aromatic rings. The lowest BCUT2D eigenvalue weighted by molar-refractivity contribution is -0.122. The van der Waals surface area contributed by atoms with Gasteiger partial charge in [0, 0.05) is 13.5 Å². The highest BCUT2D eigenvalue weighted by Gasteiger charge is 1.96. The van der Waals surface area contributed by atoms with Crippen LogP contribution < -0.4 is 5.32 Å². The molecule has 0 radical (unpaired) electrons. The van der Waals surface area contributed by atoms with Gasteiger partial charge in [0.15, 0.2) is 0 Å². The zero-order valence-corrected chi connectivity index (χ0v) is 6.64. The predicted octanol–water partition coefficient (Wildman–Crippen LogP) is 0.897. The van der Waals surface area contributed by atoms with Gasteiger partial charge < -0.3 is 10.1 Å². The zero-order chi connectivity index (χ0) is 7.82. The number of rotatable bonds is 5. The zero-order valence-electron chi connectivity index (χ0n) is 6.64. The third-order valence-electron chi connectivity index (χ3n) is 1.17. The Bertz CT molecular complexity index is 83.6. The minimum atomic E-state index is 0.0729. The van der Waals surface area contributed by atoms with Gasteiger partial charge in [0.1, 0.15) is 6.73 Å². The molecule has 0 rings (SSSR count). The van der Waals surface area contributed by atoms with E-state index >= 15 is 0 Å². The molecule has 0 saturated heterocycles. The summed E-state index contributed by atoms with van der Waals surface area (Å²) in [5, 5.41) is 2.61. The van der Waals surface area contributed by atoms with Crippen LogP contribution in [-0.4, -0.2) is 19.7 Å². The van der Waals surface area contributed by atoms with Crippen molar-refractivity contribution < 1.29 is 9.53 Å². The van der Waals surface area contributed by atoms with E-state index in [1.54, 1.807) is 7.11 Å². The quantitative estimate of drug-likeness (QED) is 0.583. The van der Waals surface area contributed by atoms with Gasteiger partial charge in [-0.25, -0.2) is 0 Å². The van der Waals surface area contributed by atoms with Crippen LogP contribution in [-0.2, 0) is 9.53 Å². The number of unbranched alkanes of at least 4 members (excludes halogenated alkanes) is 1. The van der Waals surface area contributed by atoms with Crippen LogP contribution in [0.4, 0.5) is 0 Å². The minimum absolute atomic E-state index is 0.0729. The van der Waals surface area contributed by atoms with E-state index in [0.29, 0.717) is 13.2 Å². The molecule has 0 bridgehead atoms. The number of amides is 1. The van der Waals surface area contributed by atoms with Crippen LogP contribution >= 0.6 is 0 Å². The molecule has 3 heteroatoms. The Morgan fingerprint density at radius 1 is 1.60 bits per heavy atom. The maximum Gasteiger partial charge on any atom is 0.221 e. The molecule has 3 nitrogen and oxygen atoms in total. The van der Waals surface area contributed by atoms with E-state index in [1.165, 1.54) is 0 Å². The molecule has 0 aliphatic rings. The van der Waals surface area contributed by atoms with Gasteiger partial charge in [-0.05, 0) is 6.42 Å². The highest BCUT2D eigenvalue weighted by molar-refractivity contribution is 5.75. The summed E-state index contributed by atoms with van der Waals surface area (Å²) in [5.74, 6) is 0.0729. The van der Waals surface area contributed by atoms with Gasteiger partial charge in [-0.3, -0.25) is 4.79 Å². The number of carbonyl (C=O) groups is 1. The van der Waals surface area contributed by atoms with Crippen molar-refractivity contribution in [2.75, 3.05) is 13.8 Å². The standard InChI is InChI=1S/C7H15NO2/c1-3-4-5-7(9)8-6-10-2/h3-6H2,1-2H3,(H,8,9). The van der Waals surface area contributed by atoms with Crippen LogP contribution in [0.1, 0.15) is 26.2 Å². The van der Waals surface area contributed by atoms with Crippen LogP contribution in [0.5, 0.6) is 0 Å². The molecule has 0 aromatic carbocycles. The van der Waals surface area contributed by atoms with Crippen LogP contribution in [0.3, 0.4) is 0 Å². The van der Waals surface area contributed by atoms with Crippen molar-refractivity contribution in [1.82, 2.24) is 5.32 Å². The van der Waals surface area contributed by atoms with Gasteiger partial charge in [0.25, 0.3) is 0 Å². The SMILES string of the molecule is CCCCC(=O)NCOC. The summed E-state index contributed by atoms with van der Waals surface area (Å²) in [7, 11) is 1.56. The second-order valence-electron chi connectivity index (χ2n) is 2.14. The van der Waals surface area contributed by atoms with Crippen molar-refractivity contribution in [2.45, 2.75) is 26.2 Å². The van der Waals surface area contributed by atoms with E-state index in [2.05, 4.69) is 17.0 Å². The first kappa shape index (κ1) is 9.43. The highest BCUT2D eigenvalue weighted by Crippen LogP contribution is 1.92. The van der Waals surface area contributed by atoms with Crippen LogP contribution in [0, 0.1) is 0 Å². The number of ether oxygens (including phenoxy) is 1. The Kier molecular flexibility index (Phi) is 6.18. The minimum Gasteiger partial charge on any atom is -0.364 e. The average Bonchev–Trinajstić information content (AvgIpc) is 1.97. The fourth-order valence-electron chi connectivity index (χ4n) is 0.578. The number of nitrogens with one attached hydrogen (secondary N) is 1. The summed E-state index contributed by atoms with van der Waals surface area (Å²) < 4.78 is 4.66. The maximum absolute atomic E-state index is 10.8. The smallest absolute Gasteiger partial charge is 0.221 e. The van der Waals surface area contributed by atoms with E-state index in [-0.39, 0.29) is 5.91 Å². The maximum atomic E-state index is 10.8. The second-order valence-corrected chi connectivity index (χ2v) is 2.14. The van der Waals surface area contributed by atoms with Gasteiger partial charge in [-0.1, -0.05) is 13.3 Å². The van der Waals surface area contributed by atoms with Crippen LogP contribution in [0.25, 0.3) is 0 Å².